The van der Waals surface area contributed by atoms with Gasteiger partial charge in [0, 0.05) is 19.6 Å². The molecule has 1 N–H and O–H groups in total. The van der Waals surface area contributed by atoms with Crippen molar-refractivity contribution >= 4 is 28.5 Å². The molecular formula is C13H21ClN6. The number of rotatable bonds is 6. The van der Waals surface area contributed by atoms with E-state index in [4.69, 9.17) is 11.6 Å². The SMILES string of the molecule is CC(C)CN(CCN(C)C)c1nc(Cl)nc2[nH]ncc12. The number of aromatic nitrogens is 4. The highest BCUT2D eigenvalue weighted by Crippen LogP contribution is 2.24. The summed E-state index contributed by atoms with van der Waals surface area (Å²) in [6.45, 7) is 7.14. The number of halogens is 1. The first-order chi connectivity index (χ1) is 9.47. The maximum absolute atomic E-state index is 6.02. The van der Waals surface area contributed by atoms with Crippen molar-refractivity contribution in [3.63, 3.8) is 0 Å². The lowest BCUT2D eigenvalue weighted by atomic mass is 10.2. The molecule has 0 aliphatic rings. The Morgan fingerprint density at radius 3 is 2.65 bits per heavy atom. The van der Waals surface area contributed by atoms with Crippen molar-refractivity contribution in [2.24, 2.45) is 5.92 Å². The minimum Gasteiger partial charge on any atom is -0.354 e. The van der Waals surface area contributed by atoms with E-state index < -0.39 is 0 Å². The Morgan fingerprint density at radius 1 is 1.25 bits per heavy atom. The molecule has 6 nitrogen and oxygen atoms in total. The van der Waals surface area contributed by atoms with Gasteiger partial charge in [0.05, 0.1) is 11.6 Å². The molecule has 0 saturated carbocycles. The molecule has 0 aliphatic heterocycles. The molecule has 2 aromatic heterocycles. The lowest BCUT2D eigenvalue weighted by molar-refractivity contribution is 0.408. The highest BCUT2D eigenvalue weighted by molar-refractivity contribution is 6.28. The lowest BCUT2D eigenvalue weighted by Crippen LogP contribution is -2.35. The molecular weight excluding hydrogens is 276 g/mol. The molecule has 0 spiro atoms. The summed E-state index contributed by atoms with van der Waals surface area (Å²) in [6, 6.07) is 0. The fraction of sp³-hybridized carbons (Fsp3) is 0.615. The van der Waals surface area contributed by atoms with Crippen LogP contribution in [0.1, 0.15) is 13.8 Å². The number of aromatic amines is 1. The van der Waals surface area contributed by atoms with Gasteiger partial charge in [-0.3, -0.25) is 5.10 Å². The molecule has 0 amide bonds. The Bertz CT molecular complexity index is 565. The third-order valence-electron chi connectivity index (χ3n) is 2.96. The molecule has 0 bridgehead atoms. The number of hydrogen-bond acceptors (Lipinski definition) is 5. The van der Waals surface area contributed by atoms with Crippen LogP contribution in [0, 0.1) is 5.92 Å². The molecule has 2 heterocycles. The predicted molar refractivity (Wildman–Crippen MR) is 82.3 cm³/mol. The minimum atomic E-state index is 0.246. The first-order valence-electron chi connectivity index (χ1n) is 6.73. The predicted octanol–water partition coefficient (Wildman–Crippen LogP) is 2.03. The first kappa shape index (κ1) is 15.0. The van der Waals surface area contributed by atoms with Gasteiger partial charge in [0.2, 0.25) is 5.28 Å². The van der Waals surface area contributed by atoms with E-state index in [1.807, 2.05) is 0 Å². The molecule has 0 saturated heterocycles. The minimum absolute atomic E-state index is 0.246. The van der Waals surface area contributed by atoms with E-state index in [0.717, 1.165) is 30.8 Å². The van der Waals surface area contributed by atoms with Gasteiger partial charge < -0.3 is 9.80 Å². The average Bonchev–Trinajstić information content (AvgIpc) is 2.80. The fourth-order valence-corrected chi connectivity index (χ4v) is 2.24. The lowest BCUT2D eigenvalue weighted by Gasteiger charge is -2.27. The highest BCUT2D eigenvalue weighted by Gasteiger charge is 2.16. The van der Waals surface area contributed by atoms with Crippen LogP contribution in [-0.4, -0.2) is 58.8 Å². The van der Waals surface area contributed by atoms with E-state index in [1.165, 1.54) is 0 Å². The number of fused-ring (bicyclic) bond motifs is 1. The molecule has 20 heavy (non-hydrogen) atoms. The number of nitrogens with one attached hydrogen (secondary N) is 1. The topological polar surface area (TPSA) is 60.9 Å². The van der Waals surface area contributed by atoms with Crippen molar-refractivity contribution in [3.05, 3.63) is 11.5 Å². The van der Waals surface area contributed by atoms with Crippen LogP contribution in [0.25, 0.3) is 11.0 Å². The fourth-order valence-electron chi connectivity index (χ4n) is 2.08. The van der Waals surface area contributed by atoms with Crippen LogP contribution < -0.4 is 4.90 Å². The average molecular weight is 297 g/mol. The molecule has 7 heteroatoms. The number of anilines is 1. The molecule has 0 aromatic carbocycles. The van der Waals surface area contributed by atoms with Crippen molar-refractivity contribution < 1.29 is 0 Å². The van der Waals surface area contributed by atoms with Crippen LogP contribution in [0.5, 0.6) is 0 Å². The summed E-state index contributed by atoms with van der Waals surface area (Å²) >= 11 is 6.02. The summed E-state index contributed by atoms with van der Waals surface area (Å²) in [5.41, 5.74) is 0.679. The van der Waals surface area contributed by atoms with Crippen molar-refractivity contribution in [3.8, 4) is 0 Å². The van der Waals surface area contributed by atoms with E-state index >= 15 is 0 Å². The molecule has 0 atom stereocenters. The van der Waals surface area contributed by atoms with Crippen LogP contribution >= 0.6 is 11.6 Å². The summed E-state index contributed by atoms with van der Waals surface area (Å²) < 4.78 is 0. The highest BCUT2D eigenvalue weighted by atomic mass is 35.5. The third-order valence-corrected chi connectivity index (χ3v) is 3.13. The van der Waals surface area contributed by atoms with Crippen LogP contribution in [0.3, 0.4) is 0 Å². The van der Waals surface area contributed by atoms with Gasteiger partial charge in [-0.05, 0) is 31.6 Å². The van der Waals surface area contributed by atoms with Crippen LogP contribution in [0.4, 0.5) is 5.82 Å². The third kappa shape index (κ3) is 3.58. The Morgan fingerprint density at radius 2 is 2.00 bits per heavy atom. The quantitative estimate of drug-likeness (QED) is 0.827. The normalized spacial score (nSPS) is 11.8. The smallest absolute Gasteiger partial charge is 0.226 e. The van der Waals surface area contributed by atoms with Crippen molar-refractivity contribution in [1.82, 2.24) is 25.1 Å². The zero-order valence-corrected chi connectivity index (χ0v) is 13.1. The van der Waals surface area contributed by atoms with Gasteiger partial charge in [-0.2, -0.15) is 15.1 Å². The summed E-state index contributed by atoms with van der Waals surface area (Å²) in [6.07, 6.45) is 1.75. The number of likely N-dealkylation sites (N-methyl/N-ethyl adjacent to an activating group) is 1. The number of H-pyrrole nitrogens is 1. The van der Waals surface area contributed by atoms with Crippen LogP contribution in [0.2, 0.25) is 5.28 Å². The van der Waals surface area contributed by atoms with E-state index in [1.54, 1.807) is 6.20 Å². The zero-order chi connectivity index (χ0) is 14.7. The second kappa shape index (κ2) is 6.37. The maximum atomic E-state index is 6.02. The molecule has 0 fully saturated rings. The van der Waals surface area contributed by atoms with Crippen LogP contribution in [-0.2, 0) is 0 Å². The van der Waals surface area contributed by atoms with Crippen LogP contribution in [0.15, 0.2) is 6.20 Å². The molecule has 110 valence electrons. The Labute approximate surface area is 124 Å². The molecule has 0 unspecified atom stereocenters. The molecule has 0 radical (unpaired) electrons. The van der Waals surface area contributed by atoms with E-state index in [9.17, 15) is 0 Å². The largest absolute Gasteiger partial charge is 0.354 e. The summed E-state index contributed by atoms with van der Waals surface area (Å²) in [5.74, 6) is 1.39. The Kier molecular flexibility index (Phi) is 4.77. The second-order valence-corrected chi connectivity index (χ2v) is 5.93. The Hall–Kier alpha value is -1.40. The number of nitrogens with zero attached hydrogens (tertiary/aromatic N) is 5. The van der Waals surface area contributed by atoms with Gasteiger partial charge in [-0.1, -0.05) is 13.8 Å². The van der Waals surface area contributed by atoms with Gasteiger partial charge in [-0.15, -0.1) is 0 Å². The molecule has 2 aromatic rings. The number of hydrogen-bond donors (Lipinski definition) is 1. The maximum Gasteiger partial charge on any atom is 0.226 e. The van der Waals surface area contributed by atoms with Crippen molar-refractivity contribution in [2.75, 3.05) is 38.6 Å². The monoisotopic (exact) mass is 296 g/mol. The van der Waals surface area contributed by atoms with E-state index in [-0.39, 0.29) is 5.28 Å². The Balaban J connectivity index is 2.36. The summed E-state index contributed by atoms with van der Waals surface area (Å²) in [5, 5.41) is 8.04. The van der Waals surface area contributed by atoms with E-state index in [0.29, 0.717) is 11.6 Å². The first-order valence-corrected chi connectivity index (χ1v) is 7.11. The second-order valence-electron chi connectivity index (χ2n) is 5.59. The van der Waals surface area contributed by atoms with E-state index in [2.05, 4.69) is 57.9 Å². The van der Waals surface area contributed by atoms with Crippen molar-refractivity contribution in [2.45, 2.75) is 13.8 Å². The van der Waals surface area contributed by atoms with Crippen molar-refractivity contribution in [1.29, 1.82) is 0 Å². The molecule has 2 rings (SSSR count). The van der Waals surface area contributed by atoms with Gasteiger partial charge in [0.15, 0.2) is 5.65 Å². The van der Waals surface area contributed by atoms with Gasteiger partial charge in [0.1, 0.15) is 5.82 Å². The zero-order valence-electron chi connectivity index (χ0n) is 12.4. The molecule has 0 aliphatic carbocycles. The van der Waals surface area contributed by atoms with Gasteiger partial charge in [0.25, 0.3) is 0 Å². The standard InChI is InChI=1S/C13H21ClN6/c1-9(2)8-20(6-5-19(3)4)12-10-7-15-18-11(10)16-13(14)17-12/h7,9H,5-6,8H2,1-4H3,(H,15,16,17,18). The summed E-state index contributed by atoms with van der Waals surface area (Å²) in [4.78, 5) is 13.0. The summed E-state index contributed by atoms with van der Waals surface area (Å²) in [7, 11) is 4.13. The van der Waals surface area contributed by atoms with Gasteiger partial charge in [-0.25, -0.2) is 0 Å². The van der Waals surface area contributed by atoms with Gasteiger partial charge >= 0.3 is 0 Å².